The topological polar surface area (TPSA) is 152 Å². The fourth-order valence-electron chi connectivity index (χ4n) is 5.89. The molecule has 0 bridgehead atoms. The van der Waals surface area contributed by atoms with Crippen molar-refractivity contribution in [3.05, 3.63) is 0 Å². The molecule has 1 rings (SSSR count). The number of aliphatic hydroxyl groups is 4. The van der Waals surface area contributed by atoms with Crippen molar-refractivity contribution >= 4 is 11.9 Å². The van der Waals surface area contributed by atoms with Gasteiger partial charge in [0.25, 0.3) is 0 Å². The van der Waals surface area contributed by atoms with Crippen LogP contribution in [0.4, 0.5) is 0 Å². The number of unbranched alkanes of at least 4 members (excludes halogenated alkanes) is 20. The zero-order valence-electron chi connectivity index (χ0n) is 29.8. The summed E-state index contributed by atoms with van der Waals surface area (Å²) in [4.78, 5) is 25.0. The van der Waals surface area contributed by atoms with Gasteiger partial charge in [-0.15, -0.1) is 0 Å². The van der Waals surface area contributed by atoms with Crippen LogP contribution in [0.15, 0.2) is 0 Å². The Kier molecular flexibility index (Phi) is 27.5. The zero-order valence-corrected chi connectivity index (χ0v) is 29.8. The molecule has 1 saturated heterocycles. The third-order valence-corrected chi connectivity index (χ3v) is 8.99. The Morgan fingerprint density at radius 3 is 1.45 bits per heavy atom. The van der Waals surface area contributed by atoms with Crippen molar-refractivity contribution in [3.63, 3.8) is 0 Å². The minimum Gasteiger partial charge on any atom is -0.462 e. The van der Waals surface area contributed by atoms with Gasteiger partial charge in [-0.3, -0.25) is 9.59 Å². The van der Waals surface area contributed by atoms with Crippen LogP contribution in [0.25, 0.3) is 0 Å². The van der Waals surface area contributed by atoms with Gasteiger partial charge in [-0.2, -0.15) is 0 Å². The van der Waals surface area contributed by atoms with Gasteiger partial charge in [0.05, 0.1) is 13.2 Å². The van der Waals surface area contributed by atoms with Crippen molar-refractivity contribution < 1.29 is 49.0 Å². The van der Waals surface area contributed by atoms with E-state index in [1.54, 1.807) is 0 Å². The number of rotatable bonds is 31. The van der Waals surface area contributed by atoms with E-state index in [0.29, 0.717) is 6.42 Å². The van der Waals surface area contributed by atoms with Gasteiger partial charge < -0.3 is 39.4 Å². The smallest absolute Gasteiger partial charge is 0.306 e. The molecule has 1 fully saturated rings. The number of hydrogen-bond donors (Lipinski definition) is 4. The summed E-state index contributed by atoms with van der Waals surface area (Å²) in [5.74, 6) is -0.803. The first-order chi connectivity index (χ1) is 22.8. The average molecular weight is 675 g/mol. The molecule has 1 aliphatic rings. The summed E-state index contributed by atoms with van der Waals surface area (Å²) in [6.45, 7) is 3.38. The highest BCUT2D eigenvalue weighted by Gasteiger charge is 2.44. The second-order valence-electron chi connectivity index (χ2n) is 13.4. The molecule has 0 aromatic carbocycles. The Labute approximate surface area is 285 Å². The number of carbonyl (C=O) groups excluding carboxylic acids is 2. The minimum absolute atomic E-state index is 0.211. The lowest BCUT2D eigenvalue weighted by molar-refractivity contribution is -0.305. The van der Waals surface area contributed by atoms with E-state index in [4.69, 9.17) is 18.9 Å². The molecule has 0 aliphatic carbocycles. The van der Waals surface area contributed by atoms with Gasteiger partial charge in [-0.1, -0.05) is 142 Å². The van der Waals surface area contributed by atoms with Crippen LogP contribution in [0.2, 0.25) is 0 Å². The van der Waals surface area contributed by atoms with Crippen LogP contribution in [0, 0.1) is 0 Å². The highest BCUT2D eigenvalue weighted by atomic mass is 16.7. The van der Waals surface area contributed by atoms with Gasteiger partial charge >= 0.3 is 11.9 Å². The van der Waals surface area contributed by atoms with E-state index in [1.807, 2.05) is 0 Å². The van der Waals surface area contributed by atoms with E-state index in [-0.39, 0.29) is 32.0 Å². The highest BCUT2D eigenvalue weighted by molar-refractivity contribution is 5.70. The van der Waals surface area contributed by atoms with Crippen LogP contribution < -0.4 is 0 Å². The van der Waals surface area contributed by atoms with Crippen molar-refractivity contribution in [1.29, 1.82) is 0 Å². The molecule has 1 heterocycles. The minimum atomic E-state index is -1.59. The van der Waals surface area contributed by atoms with E-state index in [0.717, 1.165) is 38.5 Å². The molecule has 10 nitrogen and oxygen atoms in total. The van der Waals surface area contributed by atoms with Gasteiger partial charge in [-0.25, -0.2) is 0 Å². The van der Waals surface area contributed by atoms with Gasteiger partial charge in [0.15, 0.2) is 12.4 Å². The Balaban J connectivity index is 2.38. The SMILES string of the molecule is CCCCCCCCCCCCCCCCC(=O)O[C@H](COC(=O)CCCCCCCCCC)CO[C@@H]1O[C@H](CO)[C@H](O)C(O)C1O. The van der Waals surface area contributed by atoms with Gasteiger partial charge in [-0.05, 0) is 12.8 Å². The maximum absolute atomic E-state index is 12.7. The Morgan fingerprint density at radius 1 is 0.574 bits per heavy atom. The molecule has 0 amide bonds. The zero-order chi connectivity index (χ0) is 34.5. The lowest BCUT2D eigenvalue weighted by atomic mass is 9.99. The Hall–Kier alpha value is -1.30. The normalized spacial score (nSPS) is 21.9. The maximum atomic E-state index is 12.7. The molecule has 0 aromatic heterocycles. The lowest BCUT2D eigenvalue weighted by Gasteiger charge is -2.39. The van der Waals surface area contributed by atoms with Crippen LogP contribution in [-0.4, -0.2) is 89.0 Å². The van der Waals surface area contributed by atoms with E-state index in [1.165, 1.54) is 96.3 Å². The van der Waals surface area contributed by atoms with Crippen molar-refractivity contribution in [2.45, 2.75) is 205 Å². The quantitative estimate of drug-likeness (QED) is 0.0464. The van der Waals surface area contributed by atoms with Gasteiger partial charge in [0, 0.05) is 12.8 Å². The van der Waals surface area contributed by atoms with Crippen LogP contribution in [-0.2, 0) is 28.5 Å². The lowest BCUT2D eigenvalue weighted by Crippen LogP contribution is -2.59. The fourth-order valence-corrected chi connectivity index (χ4v) is 5.89. The third kappa shape index (κ3) is 22.1. The molecular formula is C37H70O10. The molecule has 0 spiro atoms. The van der Waals surface area contributed by atoms with E-state index in [9.17, 15) is 30.0 Å². The van der Waals surface area contributed by atoms with Crippen molar-refractivity contribution in [2.24, 2.45) is 0 Å². The van der Waals surface area contributed by atoms with E-state index >= 15 is 0 Å². The van der Waals surface area contributed by atoms with Crippen molar-refractivity contribution in [1.82, 2.24) is 0 Å². The predicted octanol–water partition coefficient (Wildman–Crippen LogP) is 6.66. The second-order valence-corrected chi connectivity index (χ2v) is 13.4. The number of carbonyl (C=O) groups is 2. The average Bonchev–Trinajstić information content (AvgIpc) is 3.07. The van der Waals surface area contributed by atoms with Gasteiger partial charge in [0.1, 0.15) is 31.0 Å². The third-order valence-electron chi connectivity index (χ3n) is 8.99. The molecule has 0 saturated carbocycles. The van der Waals surface area contributed by atoms with Crippen molar-refractivity contribution in [3.8, 4) is 0 Å². The van der Waals surface area contributed by atoms with Crippen LogP contribution >= 0.6 is 0 Å². The van der Waals surface area contributed by atoms with Crippen LogP contribution in [0.1, 0.15) is 168 Å². The molecule has 1 aliphatic heterocycles. The molecule has 0 radical (unpaired) electrons. The first-order valence-electron chi connectivity index (χ1n) is 19.1. The molecule has 6 atom stereocenters. The number of ether oxygens (including phenoxy) is 4. The summed E-state index contributed by atoms with van der Waals surface area (Å²) in [7, 11) is 0. The molecule has 47 heavy (non-hydrogen) atoms. The molecular weight excluding hydrogens is 604 g/mol. The highest BCUT2D eigenvalue weighted by Crippen LogP contribution is 2.22. The molecule has 0 aromatic rings. The molecule has 10 heteroatoms. The number of aliphatic hydroxyl groups excluding tert-OH is 4. The second kappa shape index (κ2) is 29.6. The summed E-state index contributed by atoms with van der Waals surface area (Å²) < 4.78 is 22.0. The monoisotopic (exact) mass is 674 g/mol. The van der Waals surface area contributed by atoms with Crippen LogP contribution in [0.3, 0.4) is 0 Å². The largest absolute Gasteiger partial charge is 0.462 e. The number of esters is 2. The Morgan fingerprint density at radius 2 is 1.00 bits per heavy atom. The molecule has 278 valence electrons. The summed E-state index contributed by atoms with van der Waals surface area (Å²) in [5, 5.41) is 39.8. The standard InChI is InChI=1S/C37H70O10/c1-3-5-7-9-11-13-14-15-16-17-18-20-22-24-26-33(40)46-30(28-44-32(39)25-23-21-19-12-10-8-6-4-2)29-45-37-36(43)35(42)34(41)31(27-38)47-37/h30-31,34-38,41-43H,3-29H2,1-2H3/t30-,31-,34+,35?,36?,37-/m1/s1. The van der Waals surface area contributed by atoms with Gasteiger partial charge in [0.2, 0.25) is 0 Å². The predicted molar refractivity (Wildman–Crippen MR) is 183 cm³/mol. The summed E-state index contributed by atoms with van der Waals surface area (Å²) in [6.07, 6.45) is 18.4. The van der Waals surface area contributed by atoms with E-state index in [2.05, 4.69) is 13.8 Å². The summed E-state index contributed by atoms with van der Waals surface area (Å²) in [6, 6.07) is 0. The first kappa shape index (κ1) is 43.7. The summed E-state index contributed by atoms with van der Waals surface area (Å²) in [5.41, 5.74) is 0. The fraction of sp³-hybridized carbons (Fsp3) is 0.946. The van der Waals surface area contributed by atoms with Crippen LogP contribution in [0.5, 0.6) is 0 Å². The maximum Gasteiger partial charge on any atom is 0.306 e. The first-order valence-corrected chi connectivity index (χ1v) is 19.1. The van der Waals surface area contributed by atoms with E-state index < -0.39 is 49.4 Å². The van der Waals surface area contributed by atoms with Crippen molar-refractivity contribution in [2.75, 3.05) is 19.8 Å². The molecule has 2 unspecified atom stereocenters. The summed E-state index contributed by atoms with van der Waals surface area (Å²) >= 11 is 0. The number of hydrogen-bond acceptors (Lipinski definition) is 10. The molecule has 4 N–H and O–H groups in total. The Bertz CT molecular complexity index is 749.